The van der Waals surface area contributed by atoms with Crippen LogP contribution in [-0.2, 0) is 6.42 Å². The molecule has 0 saturated heterocycles. The number of nitrogens with one attached hydrogen (secondary N) is 2. The third-order valence-electron chi connectivity index (χ3n) is 3.19. The van der Waals surface area contributed by atoms with E-state index in [1.165, 1.54) is 5.56 Å². The molecule has 0 saturated carbocycles. The fraction of sp³-hybridized carbons (Fsp3) is 0.235. The van der Waals surface area contributed by atoms with Gasteiger partial charge in [0, 0.05) is 0 Å². The second-order valence-corrected chi connectivity index (χ2v) is 5.64. The van der Waals surface area contributed by atoms with Gasteiger partial charge in [0.1, 0.15) is 12.4 Å². The molecule has 2 amide bonds. The summed E-state index contributed by atoms with van der Waals surface area (Å²) in [6, 6.07) is 12.5. The summed E-state index contributed by atoms with van der Waals surface area (Å²) >= 11 is 12.0. The zero-order chi connectivity index (χ0) is 16.7. The first kappa shape index (κ1) is 17.4. The van der Waals surface area contributed by atoms with Crippen LogP contribution in [0.15, 0.2) is 42.5 Å². The number of halogens is 2. The van der Waals surface area contributed by atoms with Gasteiger partial charge in [-0.1, -0.05) is 48.3 Å². The molecule has 0 unspecified atom stereocenters. The van der Waals surface area contributed by atoms with Gasteiger partial charge >= 0.3 is 6.03 Å². The van der Waals surface area contributed by atoms with Gasteiger partial charge in [0.15, 0.2) is 0 Å². The van der Waals surface area contributed by atoms with Crippen LogP contribution in [0.1, 0.15) is 12.5 Å². The van der Waals surface area contributed by atoms with E-state index in [0.29, 0.717) is 28.9 Å². The maximum absolute atomic E-state index is 11.8. The quantitative estimate of drug-likeness (QED) is 0.736. The predicted molar refractivity (Wildman–Crippen MR) is 94.8 cm³/mol. The van der Waals surface area contributed by atoms with Crippen LogP contribution in [0.5, 0.6) is 5.75 Å². The van der Waals surface area contributed by atoms with Crippen LogP contribution in [0.2, 0.25) is 10.0 Å². The lowest BCUT2D eigenvalue weighted by molar-refractivity contribution is 0.247. The number of anilines is 1. The first-order valence-electron chi connectivity index (χ1n) is 7.30. The third kappa shape index (κ3) is 5.34. The molecule has 0 bridgehead atoms. The number of amides is 2. The number of carbonyl (C=O) groups is 1. The molecule has 0 aromatic heterocycles. The van der Waals surface area contributed by atoms with Crippen molar-refractivity contribution >= 4 is 34.9 Å². The van der Waals surface area contributed by atoms with Crippen molar-refractivity contribution in [1.82, 2.24) is 5.32 Å². The molecule has 122 valence electrons. The van der Waals surface area contributed by atoms with E-state index in [1.807, 2.05) is 24.3 Å². The van der Waals surface area contributed by atoms with Crippen LogP contribution >= 0.6 is 23.2 Å². The minimum Gasteiger partial charge on any atom is -0.492 e. The Morgan fingerprint density at radius 1 is 1.09 bits per heavy atom. The average molecular weight is 353 g/mol. The summed E-state index contributed by atoms with van der Waals surface area (Å²) in [5.74, 6) is 0.776. The molecule has 0 fully saturated rings. The monoisotopic (exact) mass is 352 g/mol. The minimum absolute atomic E-state index is 0.365. The van der Waals surface area contributed by atoms with Crippen LogP contribution in [0.3, 0.4) is 0 Å². The summed E-state index contributed by atoms with van der Waals surface area (Å²) in [5.41, 5.74) is 1.65. The molecule has 2 aromatic carbocycles. The molecule has 0 atom stereocenters. The topological polar surface area (TPSA) is 50.4 Å². The normalized spacial score (nSPS) is 10.2. The largest absolute Gasteiger partial charge is 0.492 e. The molecule has 2 rings (SSSR count). The SMILES string of the molecule is CCc1ccc(OCCNC(=O)Nc2c(Cl)cccc2Cl)cc1. The fourth-order valence-corrected chi connectivity index (χ4v) is 2.42. The molecule has 2 N–H and O–H groups in total. The molecule has 0 heterocycles. The van der Waals surface area contributed by atoms with Crippen molar-refractivity contribution in [3.63, 3.8) is 0 Å². The number of hydrogen-bond acceptors (Lipinski definition) is 2. The van der Waals surface area contributed by atoms with Crippen molar-refractivity contribution in [2.24, 2.45) is 0 Å². The van der Waals surface area contributed by atoms with E-state index < -0.39 is 0 Å². The number of hydrogen-bond donors (Lipinski definition) is 2. The lowest BCUT2D eigenvalue weighted by atomic mass is 10.2. The van der Waals surface area contributed by atoms with Crippen LogP contribution in [0.25, 0.3) is 0 Å². The maximum Gasteiger partial charge on any atom is 0.319 e. The fourth-order valence-electron chi connectivity index (χ4n) is 1.93. The summed E-state index contributed by atoms with van der Waals surface area (Å²) in [7, 11) is 0. The van der Waals surface area contributed by atoms with Gasteiger partial charge in [-0.25, -0.2) is 4.79 Å². The minimum atomic E-state index is -0.384. The lowest BCUT2D eigenvalue weighted by Gasteiger charge is -2.11. The second kappa shape index (κ2) is 8.65. The molecule has 0 aliphatic rings. The number of para-hydroxylation sites is 1. The highest BCUT2D eigenvalue weighted by atomic mass is 35.5. The van der Waals surface area contributed by atoms with Gasteiger partial charge in [0.05, 0.1) is 22.3 Å². The summed E-state index contributed by atoms with van der Waals surface area (Å²) in [5, 5.41) is 6.09. The summed E-state index contributed by atoms with van der Waals surface area (Å²) < 4.78 is 5.56. The second-order valence-electron chi connectivity index (χ2n) is 4.82. The maximum atomic E-state index is 11.8. The van der Waals surface area contributed by atoms with Gasteiger partial charge in [-0.2, -0.15) is 0 Å². The Kier molecular flexibility index (Phi) is 6.56. The van der Waals surface area contributed by atoms with Crippen molar-refractivity contribution in [3.8, 4) is 5.75 Å². The van der Waals surface area contributed by atoms with Gasteiger partial charge in [0.25, 0.3) is 0 Å². The lowest BCUT2D eigenvalue weighted by Crippen LogP contribution is -2.32. The highest BCUT2D eigenvalue weighted by molar-refractivity contribution is 6.39. The molecular formula is C17H18Cl2N2O2. The van der Waals surface area contributed by atoms with Gasteiger partial charge < -0.3 is 15.4 Å². The molecule has 6 heteroatoms. The van der Waals surface area contributed by atoms with Crippen molar-refractivity contribution in [1.29, 1.82) is 0 Å². The van der Waals surface area contributed by atoms with Crippen molar-refractivity contribution in [3.05, 3.63) is 58.1 Å². The number of urea groups is 1. The number of carbonyl (C=O) groups excluding carboxylic acids is 1. The Balaban J connectivity index is 1.74. The summed E-state index contributed by atoms with van der Waals surface area (Å²) in [6.07, 6.45) is 0.993. The number of ether oxygens (including phenoxy) is 1. The molecular weight excluding hydrogens is 335 g/mol. The van der Waals surface area contributed by atoms with Crippen molar-refractivity contribution in [2.45, 2.75) is 13.3 Å². The molecule has 0 aliphatic heterocycles. The zero-order valence-corrected chi connectivity index (χ0v) is 14.2. The molecule has 4 nitrogen and oxygen atoms in total. The van der Waals surface area contributed by atoms with Crippen molar-refractivity contribution in [2.75, 3.05) is 18.5 Å². The Morgan fingerprint density at radius 2 is 1.74 bits per heavy atom. The van der Waals surface area contributed by atoms with Gasteiger partial charge in [0.2, 0.25) is 0 Å². The van der Waals surface area contributed by atoms with E-state index in [-0.39, 0.29) is 6.03 Å². The molecule has 0 radical (unpaired) electrons. The van der Waals surface area contributed by atoms with E-state index in [2.05, 4.69) is 17.6 Å². The number of rotatable bonds is 6. The number of aryl methyl sites for hydroxylation is 1. The Hall–Kier alpha value is -1.91. The Morgan fingerprint density at radius 3 is 2.35 bits per heavy atom. The number of benzene rings is 2. The van der Waals surface area contributed by atoms with Gasteiger partial charge in [-0.15, -0.1) is 0 Å². The summed E-state index contributed by atoms with van der Waals surface area (Å²) in [6.45, 7) is 2.84. The van der Waals surface area contributed by atoms with Crippen LogP contribution in [0, 0.1) is 0 Å². The smallest absolute Gasteiger partial charge is 0.319 e. The Bertz CT molecular complexity index is 640. The van der Waals surface area contributed by atoms with E-state index in [0.717, 1.165) is 12.2 Å². The predicted octanol–water partition coefficient (Wildman–Crippen LogP) is 4.76. The van der Waals surface area contributed by atoms with Crippen LogP contribution in [-0.4, -0.2) is 19.2 Å². The van der Waals surface area contributed by atoms with E-state index in [4.69, 9.17) is 27.9 Å². The van der Waals surface area contributed by atoms with Gasteiger partial charge in [-0.3, -0.25) is 0 Å². The molecule has 0 spiro atoms. The zero-order valence-electron chi connectivity index (χ0n) is 12.7. The first-order chi connectivity index (χ1) is 11.1. The Labute approximate surface area is 145 Å². The highest BCUT2D eigenvalue weighted by Crippen LogP contribution is 2.29. The van der Waals surface area contributed by atoms with E-state index in [1.54, 1.807) is 18.2 Å². The van der Waals surface area contributed by atoms with Gasteiger partial charge in [-0.05, 0) is 36.2 Å². The van der Waals surface area contributed by atoms with E-state index >= 15 is 0 Å². The molecule has 0 aliphatic carbocycles. The third-order valence-corrected chi connectivity index (χ3v) is 3.82. The van der Waals surface area contributed by atoms with Crippen LogP contribution < -0.4 is 15.4 Å². The molecule has 23 heavy (non-hydrogen) atoms. The van der Waals surface area contributed by atoms with E-state index in [9.17, 15) is 4.79 Å². The standard InChI is InChI=1S/C17H18Cl2N2O2/c1-2-12-6-8-13(9-7-12)23-11-10-20-17(22)21-16-14(18)4-3-5-15(16)19/h3-9H,2,10-11H2,1H3,(H2,20,21,22). The highest BCUT2D eigenvalue weighted by Gasteiger charge is 2.08. The van der Waals surface area contributed by atoms with Crippen molar-refractivity contribution < 1.29 is 9.53 Å². The van der Waals surface area contributed by atoms with Crippen LogP contribution in [0.4, 0.5) is 10.5 Å². The molecule has 2 aromatic rings. The summed E-state index contributed by atoms with van der Waals surface area (Å²) in [4.78, 5) is 11.8. The average Bonchev–Trinajstić information content (AvgIpc) is 2.56. The first-order valence-corrected chi connectivity index (χ1v) is 8.06.